The lowest BCUT2D eigenvalue weighted by Gasteiger charge is -2.19. The summed E-state index contributed by atoms with van der Waals surface area (Å²) in [4.78, 5) is 34.8. The third-order valence-electron chi connectivity index (χ3n) is 9.65. The van der Waals surface area contributed by atoms with Crippen molar-refractivity contribution in [3.8, 4) is 0 Å². The van der Waals surface area contributed by atoms with Crippen molar-refractivity contribution in [1.29, 1.82) is 0 Å². The predicted octanol–water partition coefficient (Wildman–Crippen LogP) is 12.6. The summed E-state index contributed by atoms with van der Waals surface area (Å²) in [5.41, 5.74) is 5.35. The molecule has 0 bridgehead atoms. The third-order valence-corrected chi connectivity index (χ3v) is 10.6. The molecule has 10 heteroatoms. The molecule has 0 radical (unpaired) electrons. The Morgan fingerprint density at radius 1 is 0.547 bits per heavy atom. The zero-order valence-electron chi connectivity index (χ0n) is 34.5. The van der Waals surface area contributed by atoms with Gasteiger partial charge in [0.15, 0.2) is 6.10 Å². The highest BCUT2D eigenvalue weighted by Gasteiger charge is 2.26. The molecule has 9 nitrogen and oxygen atoms in total. The Hall–Kier alpha value is -1.25. The molecule has 0 rings (SSSR count). The van der Waals surface area contributed by atoms with E-state index in [4.69, 9.17) is 24.3 Å². The van der Waals surface area contributed by atoms with Crippen LogP contribution in [0.4, 0.5) is 0 Å². The van der Waals surface area contributed by atoms with Gasteiger partial charge in [0.1, 0.15) is 6.61 Å². The second-order valence-electron chi connectivity index (χ2n) is 14.9. The zero-order valence-corrected chi connectivity index (χ0v) is 35.4. The Balaban J connectivity index is 4.08. The lowest BCUT2D eigenvalue weighted by Crippen LogP contribution is -2.29. The van der Waals surface area contributed by atoms with E-state index in [2.05, 4.69) is 26.0 Å². The first-order chi connectivity index (χ1) is 25.8. The first-order valence-corrected chi connectivity index (χ1v) is 23.7. The maximum Gasteiger partial charge on any atom is 0.472 e. The third kappa shape index (κ3) is 40.2. The predicted molar refractivity (Wildman–Crippen MR) is 220 cm³/mol. The quantitative estimate of drug-likeness (QED) is 0.0269. The summed E-state index contributed by atoms with van der Waals surface area (Å²) in [7, 11) is -4.37. The van der Waals surface area contributed by atoms with Crippen molar-refractivity contribution in [3.63, 3.8) is 0 Å². The first-order valence-electron chi connectivity index (χ1n) is 22.2. The van der Waals surface area contributed by atoms with E-state index in [1.807, 2.05) is 0 Å². The van der Waals surface area contributed by atoms with E-state index in [-0.39, 0.29) is 38.6 Å². The second-order valence-corrected chi connectivity index (χ2v) is 16.4. The fourth-order valence-corrected chi connectivity index (χ4v) is 7.10. The molecule has 0 fully saturated rings. The van der Waals surface area contributed by atoms with Crippen molar-refractivity contribution in [2.24, 2.45) is 5.73 Å². The molecule has 2 atom stereocenters. The maximum absolute atomic E-state index is 12.6. The van der Waals surface area contributed by atoms with Crippen LogP contribution >= 0.6 is 7.82 Å². The number of hydrogen-bond donors (Lipinski definition) is 2. The topological polar surface area (TPSA) is 134 Å². The van der Waals surface area contributed by atoms with Crippen LogP contribution in [0.2, 0.25) is 0 Å². The molecule has 3 N–H and O–H groups in total. The Morgan fingerprint density at radius 3 is 1.34 bits per heavy atom. The highest BCUT2D eigenvalue weighted by atomic mass is 31.2. The number of phosphoric acid groups is 1. The van der Waals surface area contributed by atoms with Gasteiger partial charge in [0.25, 0.3) is 0 Å². The van der Waals surface area contributed by atoms with Crippen LogP contribution in [0.25, 0.3) is 0 Å². The molecule has 0 aromatic heterocycles. The van der Waals surface area contributed by atoms with Gasteiger partial charge in [-0.25, -0.2) is 4.57 Å². The van der Waals surface area contributed by atoms with Crippen LogP contribution in [0.15, 0.2) is 12.2 Å². The van der Waals surface area contributed by atoms with Crippen LogP contribution in [-0.2, 0) is 32.7 Å². The highest BCUT2D eigenvalue weighted by Crippen LogP contribution is 2.43. The summed E-state index contributed by atoms with van der Waals surface area (Å²) in [5, 5.41) is 0. The number of allylic oxidation sites excluding steroid dienone is 2. The van der Waals surface area contributed by atoms with E-state index in [1.165, 1.54) is 154 Å². The molecule has 0 aliphatic heterocycles. The zero-order chi connectivity index (χ0) is 38.9. The molecule has 0 aliphatic rings. The van der Waals surface area contributed by atoms with Gasteiger partial charge in [0.05, 0.1) is 13.2 Å². The number of unbranched alkanes of at least 4 members (excludes halogenated alkanes) is 27. The molecule has 314 valence electrons. The van der Waals surface area contributed by atoms with Crippen molar-refractivity contribution in [2.45, 2.75) is 225 Å². The smallest absolute Gasteiger partial charge is 0.462 e. The molecule has 0 heterocycles. The molecule has 0 aromatic rings. The van der Waals surface area contributed by atoms with E-state index >= 15 is 0 Å². The van der Waals surface area contributed by atoms with Crippen molar-refractivity contribution >= 4 is 19.8 Å². The Morgan fingerprint density at radius 2 is 0.925 bits per heavy atom. The standard InChI is InChI=1S/C43H84NO8P/c1-3-5-7-9-11-13-15-17-18-19-20-21-22-24-25-27-29-31-33-35-42(45)49-39-41(40-51-53(47,48)50-38-37-44)52-43(46)36-34-32-30-28-26-23-16-14-12-10-8-6-4-2/h17-18,41H,3-16,19-40,44H2,1-2H3,(H,47,48). The van der Waals surface area contributed by atoms with E-state index in [9.17, 15) is 19.0 Å². The fourth-order valence-electron chi connectivity index (χ4n) is 6.34. The molecular formula is C43H84NO8P. The molecule has 0 saturated carbocycles. The van der Waals surface area contributed by atoms with Gasteiger partial charge in [0, 0.05) is 19.4 Å². The maximum atomic E-state index is 12.6. The van der Waals surface area contributed by atoms with Gasteiger partial charge in [-0.15, -0.1) is 0 Å². The van der Waals surface area contributed by atoms with Gasteiger partial charge >= 0.3 is 19.8 Å². The Labute approximate surface area is 326 Å². The van der Waals surface area contributed by atoms with Gasteiger partial charge < -0.3 is 20.1 Å². The molecule has 2 unspecified atom stereocenters. The van der Waals surface area contributed by atoms with E-state index in [1.54, 1.807) is 0 Å². The van der Waals surface area contributed by atoms with Crippen LogP contribution in [0, 0.1) is 0 Å². The van der Waals surface area contributed by atoms with Crippen LogP contribution in [0.5, 0.6) is 0 Å². The van der Waals surface area contributed by atoms with Crippen LogP contribution < -0.4 is 5.73 Å². The van der Waals surface area contributed by atoms with Crippen LogP contribution in [0.1, 0.15) is 219 Å². The molecule has 0 saturated heterocycles. The van der Waals surface area contributed by atoms with E-state index in [0.29, 0.717) is 6.42 Å². The van der Waals surface area contributed by atoms with Crippen molar-refractivity contribution < 1.29 is 37.6 Å². The minimum atomic E-state index is -4.37. The highest BCUT2D eigenvalue weighted by molar-refractivity contribution is 7.47. The molecule has 53 heavy (non-hydrogen) atoms. The van der Waals surface area contributed by atoms with Crippen molar-refractivity contribution in [1.82, 2.24) is 0 Å². The number of ether oxygens (including phenoxy) is 2. The number of carbonyl (C=O) groups excluding carboxylic acids is 2. The summed E-state index contributed by atoms with van der Waals surface area (Å²) in [5.74, 6) is -0.820. The van der Waals surface area contributed by atoms with Gasteiger partial charge in [-0.2, -0.15) is 0 Å². The van der Waals surface area contributed by atoms with Gasteiger partial charge in [-0.3, -0.25) is 18.6 Å². The number of rotatable bonds is 42. The average Bonchev–Trinajstić information content (AvgIpc) is 3.14. The number of hydrogen-bond acceptors (Lipinski definition) is 8. The number of phosphoric ester groups is 1. The summed E-state index contributed by atoms with van der Waals surface area (Å²) in [6, 6.07) is 0. The normalized spacial score (nSPS) is 13.4. The monoisotopic (exact) mass is 774 g/mol. The lowest BCUT2D eigenvalue weighted by molar-refractivity contribution is -0.161. The first kappa shape index (κ1) is 51.8. The van der Waals surface area contributed by atoms with Crippen LogP contribution in [-0.4, -0.2) is 49.3 Å². The van der Waals surface area contributed by atoms with Gasteiger partial charge in [0.2, 0.25) is 0 Å². The molecule has 0 amide bonds. The molecule has 0 aliphatic carbocycles. The van der Waals surface area contributed by atoms with Crippen molar-refractivity contribution in [2.75, 3.05) is 26.4 Å². The van der Waals surface area contributed by atoms with Gasteiger partial charge in [-0.05, 0) is 38.5 Å². The molecule has 0 spiro atoms. The average molecular weight is 774 g/mol. The largest absolute Gasteiger partial charge is 0.472 e. The van der Waals surface area contributed by atoms with E-state index < -0.39 is 26.5 Å². The summed E-state index contributed by atoms with van der Waals surface area (Å²) in [6.07, 6.45) is 40.9. The second kappa shape index (κ2) is 40.4. The number of carbonyl (C=O) groups is 2. The molecule has 0 aromatic carbocycles. The lowest BCUT2D eigenvalue weighted by atomic mass is 10.0. The van der Waals surface area contributed by atoms with E-state index in [0.717, 1.165) is 32.1 Å². The van der Waals surface area contributed by atoms with Gasteiger partial charge in [-0.1, -0.05) is 180 Å². The number of esters is 2. The Kier molecular flexibility index (Phi) is 39.5. The van der Waals surface area contributed by atoms with Crippen LogP contribution in [0.3, 0.4) is 0 Å². The summed E-state index contributed by atoms with van der Waals surface area (Å²) < 4.78 is 32.8. The number of nitrogens with two attached hydrogens (primary N) is 1. The SMILES string of the molecule is CCCCCCCCC=CCCCCCCCCCCCC(=O)OCC(COP(=O)(O)OCCN)OC(=O)CCCCCCCCCCCCCCC. The van der Waals surface area contributed by atoms with Crippen molar-refractivity contribution in [3.05, 3.63) is 12.2 Å². The molecular weight excluding hydrogens is 689 g/mol. The Bertz CT molecular complexity index is 886. The summed E-state index contributed by atoms with van der Waals surface area (Å²) >= 11 is 0. The fraction of sp³-hybridized carbons (Fsp3) is 0.907. The summed E-state index contributed by atoms with van der Waals surface area (Å²) in [6.45, 7) is 3.75. The minimum Gasteiger partial charge on any atom is -0.462 e. The minimum absolute atomic E-state index is 0.0561.